The zero-order chi connectivity index (χ0) is 11.8. The van der Waals surface area contributed by atoms with Gasteiger partial charge in [0.2, 0.25) is 0 Å². The first-order chi connectivity index (χ1) is 7.06. The van der Waals surface area contributed by atoms with Crippen LogP contribution in [0.4, 0.5) is 0 Å². The second kappa shape index (κ2) is 7.65. The molecule has 0 aromatic carbocycles. The molecular weight excluding hydrogens is 192 g/mol. The van der Waals surface area contributed by atoms with Crippen LogP contribution in [0.2, 0.25) is 0 Å². The van der Waals surface area contributed by atoms with Crippen molar-refractivity contribution in [2.75, 3.05) is 20.6 Å². The van der Waals surface area contributed by atoms with E-state index in [4.69, 9.17) is 5.11 Å². The first-order valence-corrected chi connectivity index (χ1v) is 5.67. The zero-order valence-corrected chi connectivity index (χ0v) is 10.3. The van der Waals surface area contributed by atoms with Crippen molar-refractivity contribution in [2.24, 2.45) is 0 Å². The Morgan fingerprint density at radius 1 is 1.40 bits per heavy atom. The fraction of sp³-hybridized carbons (Fsp3) is 0.909. The van der Waals surface area contributed by atoms with Gasteiger partial charge in [-0.1, -0.05) is 13.8 Å². The van der Waals surface area contributed by atoms with E-state index >= 15 is 0 Å². The molecule has 4 nitrogen and oxygen atoms in total. The highest BCUT2D eigenvalue weighted by Gasteiger charge is 2.17. The van der Waals surface area contributed by atoms with E-state index in [0.29, 0.717) is 12.5 Å². The molecule has 0 aromatic rings. The molecule has 1 atom stereocenters. The lowest BCUT2D eigenvalue weighted by molar-refractivity contribution is -0.139. The lowest BCUT2D eigenvalue weighted by Gasteiger charge is -2.27. The van der Waals surface area contributed by atoms with Gasteiger partial charge in [-0.25, -0.2) is 0 Å². The third-order valence-corrected chi connectivity index (χ3v) is 2.98. The molecule has 0 aliphatic rings. The van der Waals surface area contributed by atoms with Crippen LogP contribution in [-0.2, 0) is 4.79 Å². The fourth-order valence-electron chi connectivity index (χ4n) is 1.82. The molecule has 0 fully saturated rings. The van der Waals surface area contributed by atoms with Gasteiger partial charge < -0.3 is 15.3 Å². The van der Waals surface area contributed by atoms with Crippen molar-refractivity contribution >= 4 is 5.97 Å². The lowest BCUT2D eigenvalue weighted by Crippen LogP contribution is -2.39. The van der Waals surface area contributed by atoms with E-state index in [-0.39, 0.29) is 0 Å². The maximum atomic E-state index is 10.8. The highest BCUT2D eigenvalue weighted by molar-refractivity contribution is 5.73. The van der Waals surface area contributed by atoms with E-state index in [0.717, 1.165) is 19.4 Å². The average molecular weight is 216 g/mol. The van der Waals surface area contributed by atoms with Gasteiger partial charge in [-0.05, 0) is 33.4 Å². The maximum absolute atomic E-state index is 10.8. The molecule has 4 heteroatoms. The van der Waals surface area contributed by atoms with Crippen molar-refractivity contribution in [3.05, 3.63) is 0 Å². The summed E-state index contributed by atoms with van der Waals surface area (Å²) < 4.78 is 0. The molecule has 0 aliphatic heterocycles. The molecule has 0 amide bonds. The van der Waals surface area contributed by atoms with Crippen LogP contribution < -0.4 is 5.32 Å². The minimum absolute atomic E-state index is 0.429. The average Bonchev–Trinajstić information content (AvgIpc) is 2.20. The summed E-state index contributed by atoms with van der Waals surface area (Å²) in [6, 6.07) is 0.137. The Labute approximate surface area is 92.7 Å². The second-order valence-electron chi connectivity index (χ2n) is 3.92. The Balaban J connectivity index is 3.96. The first kappa shape index (κ1) is 14.4. The van der Waals surface area contributed by atoms with Crippen LogP contribution in [0.5, 0.6) is 0 Å². The third kappa shape index (κ3) is 5.14. The molecule has 1 unspecified atom stereocenters. The van der Waals surface area contributed by atoms with Crippen LogP contribution in [0.25, 0.3) is 0 Å². The van der Waals surface area contributed by atoms with Crippen molar-refractivity contribution in [3.8, 4) is 0 Å². The summed E-state index contributed by atoms with van der Waals surface area (Å²) in [6.45, 7) is 5.15. The Kier molecular flexibility index (Phi) is 7.34. The molecule has 2 N–H and O–H groups in total. The predicted molar refractivity (Wildman–Crippen MR) is 62.1 cm³/mol. The third-order valence-electron chi connectivity index (χ3n) is 2.98. The van der Waals surface area contributed by atoms with Crippen LogP contribution in [0.15, 0.2) is 0 Å². The smallest absolute Gasteiger partial charge is 0.320 e. The van der Waals surface area contributed by atoms with Gasteiger partial charge in [0.25, 0.3) is 0 Å². The number of rotatable bonds is 8. The normalized spacial score (nSPS) is 13.5. The highest BCUT2D eigenvalue weighted by atomic mass is 16.4. The molecule has 0 saturated carbocycles. The molecule has 0 aliphatic carbocycles. The SMILES string of the molecule is CCC(CC)N(C)CCC(NC)C(=O)O. The van der Waals surface area contributed by atoms with E-state index in [2.05, 4.69) is 31.1 Å². The molecular formula is C11H24N2O2. The van der Waals surface area contributed by atoms with Crippen molar-refractivity contribution in [1.82, 2.24) is 10.2 Å². The summed E-state index contributed by atoms with van der Waals surface area (Å²) in [5, 5.41) is 11.7. The number of carboxylic acids is 1. The largest absolute Gasteiger partial charge is 0.480 e. The zero-order valence-electron chi connectivity index (χ0n) is 10.3. The van der Waals surface area contributed by atoms with Gasteiger partial charge in [0.15, 0.2) is 0 Å². The standard InChI is InChI=1S/C11H24N2O2/c1-5-9(6-2)13(4)8-7-10(12-3)11(14)15/h9-10,12H,5-8H2,1-4H3,(H,14,15). The molecule has 0 radical (unpaired) electrons. The summed E-state index contributed by atoms with van der Waals surface area (Å²) in [6.07, 6.45) is 2.88. The number of aliphatic carboxylic acids is 1. The van der Waals surface area contributed by atoms with Crippen molar-refractivity contribution in [1.29, 1.82) is 0 Å². The van der Waals surface area contributed by atoms with Gasteiger partial charge in [0, 0.05) is 12.6 Å². The van der Waals surface area contributed by atoms with E-state index in [9.17, 15) is 4.79 Å². The van der Waals surface area contributed by atoms with Crippen molar-refractivity contribution < 1.29 is 9.90 Å². The molecule has 15 heavy (non-hydrogen) atoms. The number of carbonyl (C=O) groups is 1. The molecule has 90 valence electrons. The highest BCUT2D eigenvalue weighted by Crippen LogP contribution is 2.07. The maximum Gasteiger partial charge on any atom is 0.320 e. The fourth-order valence-corrected chi connectivity index (χ4v) is 1.82. The van der Waals surface area contributed by atoms with Crippen LogP contribution in [0.3, 0.4) is 0 Å². The van der Waals surface area contributed by atoms with Crippen molar-refractivity contribution in [2.45, 2.75) is 45.2 Å². The minimum Gasteiger partial charge on any atom is -0.480 e. The number of likely N-dealkylation sites (N-methyl/N-ethyl adjacent to an activating group) is 1. The Hall–Kier alpha value is -0.610. The van der Waals surface area contributed by atoms with Gasteiger partial charge in [0.1, 0.15) is 6.04 Å². The minimum atomic E-state index is -0.768. The van der Waals surface area contributed by atoms with E-state index in [1.165, 1.54) is 0 Å². The van der Waals surface area contributed by atoms with Gasteiger partial charge in [-0.15, -0.1) is 0 Å². The van der Waals surface area contributed by atoms with E-state index in [1.807, 2.05) is 0 Å². The number of nitrogens with zero attached hydrogens (tertiary/aromatic N) is 1. The number of carboxylic acid groups (broad SMARTS) is 1. The summed E-state index contributed by atoms with van der Waals surface area (Å²) in [7, 11) is 3.75. The molecule has 0 aromatic heterocycles. The molecule has 0 bridgehead atoms. The van der Waals surface area contributed by atoms with Gasteiger partial charge >= 0.3 is 5.97 Å². The lowest BCUT2D eigenvalue weighted by atomic mass is 10.1. The van der Waals surface area contributed by atoms with Crippen LogP contribution >= 0.6 is 0 Å². The number of hydrogen-bond acceptors (Lipinski definition) is 3. The van der Waals surface area contributed by atoms with Gasteiger partial charge in [-0.3, -0.25) is 4.79 Å². The van der Waals surface area contributed by atoms with Crippen LogP contribution in [0.1, 0.15) is 33.1 Å². The quantitative estimate of drug-likeness (QED) is 0.639. The predicted octanol–water partition coefficient (Wildman–Crippen LogP) is 1.17. The molecule has 0 saturated heterocycles. The Bertz CT molecular complexity index is 181. The summed E-state index contributed by atoms with van der Waals surface area (Å²) in [5.74, 6) is -0.768. The van der Waals surface area contributed by atoms with Crippen LogP contribution in [-0.4, -0.2) is 48.7 Å². The second-order valence-corrected chi connectivity index (χ2v) is 3.92. The van der Waals surface area contributed by atoms with Crippen LogP contribution in [0, 0.1) is 0 Å². The number of nitrogens with one attached hydrogen (secondary N) is 1. The molecule has 0 heterocycles. The van der Waals surface area contributed by atoms with E-state index < -0.39 is 12.0 Å². The number of hydrogen-bond donors (Lipinski definition) is 2. The molecule has 0 rings (SSSR count). The summed E-state index contributed by atoms with van der Waals surface area (Å²) in [4.78, 5) is 13.0. The topological polar surface area (TPSA) is 52.6 Å². The van der Waals surface area contributed by atoms with Crippen molar-refractivity contribution in [3.63, 3.8) is 0 Å². The van der Waals surface area contributed by atoms with Gasteiger partial charge in [0.05, 0.1) is 0 Å². The van der Waals surface area contributed by atoms with E-state index in [1.54, 1.807) is 7.05 Å². The Morgan fingerprint density at radius 2 is 1.93 bits per heavy atom. The first-order valence-electron chi connectivity index (χ1n) is 5.67. The summed E-state index contributed by atoms with van der Waals surface area (Å²) in [5.41, 5.74) is 0. The van der Waals surface area contributed by atoms with Gasteiger partial charge in [-0.2, -0.15) is 0 Å². The molecule has 0 spiro atoms. The Morgan fingerprint density at radius 3 is 2.27 bits per heavy atom. The monoisotopic (exact) mass is 216 g/mol. The summed E-state index contributed by atoms with van der Waals surface area (Å²) >= 11 is 0.